The summed E-state index contributed by atoms with van der Waals surface area (Å²) in [6.07, 6.45) is 0. The van der Waals surface area contributed by atoms with Crippen LogP contribution < -0.4 is 5.32 Å². The number of aryl methyl sites for hydroxylation is 1. The van der Waals surface area contributed by atoms with Crippen molar-refractivity contribution in [1.82, 2.24) is 9.27 Å². The Morgan fingerprint density at radius 3 is 2.81 bits per heavy atom. The van der Waals surface area contributed by atoms with Gasteiger partial charge in [-0.05, 0) is 39.0 Å². The van der Waals surface area contributed by atoms with Crippen molar-refractivity contribution in [3.63, 3.8) is 0 Å². The van der Waals surface area contributed by atoms with Gasteiger partial charge < -0.3 is 10.2 Å². The summed E-state index contributed by atoms with van der Waals surface area (Å²) >= 11 is 1.36. The van der Waals surface area contributed by atoms with Crippen molar-refractivity contribution >= 4 is 22.3 Å². The van der Waals surface area contributed by atoms with Gasteiger partial charge in [0.05, 0.1) is 11.3 Å². The molecule has 0 unspecified atom stereocenters. The Balaban J connectivity index is 2.57. The minimum absolute atomic E-state index is 0.0811. The van der Waals surface area contributed by atoms with E-state index in [-0.39, 0.29) is 5.78 Å². The number of aromatic nitrogens is 1. The van der Waals surface area contributed by atoms with Crippen LogP contribution in [0.2, 0.25) is 0 Å². The number of carbonyl (C=O) groups excluding carboxylic acids is 1. The van der Waals surface area contributed by atoms with E-state index in [1.54, 1.807) is 6.92 Å². The fourth-order valence-electron chi connectivity index (χ4n) is 1.42. The van der Waals surface area contributed by atoms with Crippen LogP contribution in [0.1, 0.15) is 29.9 Å². The molecule has 5 heteroatoms. The first-order chi connectivity index (χ1) is 7.56. The minimum Gasteiger partial charge on any atom is -0.374 e. The van der Waals surface area contributed by atoms with Crippen molar-refractivity contribution in [2.75, 3.05) is 32.0 Å². The number of hydrogen-bond acceptors (Lipinski definition) is 5. The van der Waals surface area contributed by atoms with Crippen LogP contribution in [0, 0.1) is 6.92 Å². The molecule has 0 saturated carbocycles. The summed E-state index contributed by atoms with van der Waals surface area (Å²) in [6.45, 7) is 8.41. The highest BCUT2D eigenvalue weighted by atomic mass is 32.1. The molecule has 0 aliphatic rings. The predicted molar refractivity (Wildman–Crippen MR) is 68.5 cm³/mol. The van der Waals surface area contributed by atoms with E-state index in [1.165, 1.54) is 11.5 Å². The van der Waals surface area contributed by atoms with Gasteiger partial charge in [-0.25, -0.2) is 0 Å². The van der Waals surface area contributed by atoms with Crippen LogP contribution >= 0.6 is 11.5 Å². The van der Waals surface area contributed by atoms with Crippen LogP contribution in [0.5, 0.6) is 0 Å². The van der Waals surface area contributed by atoms with E-state index in [1.807, 2.05) is 6.92 Å². The zero-order valence-corrected chi connectivity index (χ0v) is 11.1. The lowest BCUT2D eigenvalue weighted by molar-refractivity contribution is 0.101. The highest BCUT2D eigenvalue weighted by molar-refractivity contribution is 7.10. The Bertz CT molecular complexity index is 362. The first kappa shape index (κ1) is 13.1. The molecule has 0 spiro atoms. The molecule has 1 aromatic rings. The van der Waals surface area contributed by atoms with Gasteiger partial charge >= 0.3 is 0 Å². The summed E-state index contributed by atoms with van der Waals surface area (Å²) in [7, 11) is 2.07. The van der Waals surface area contributed by atoms with Gasteiger partial charge in [-0.3, -0.25) is 4.79 Å². The van der Waals surface area contributed by atoms with Crippen LogP contribution in [-0.2, 0) is 0 Å². The molecular weight excluding hydrogens is 222 g/mol. The van der Waals surface area contributed by atoms with E-state index in [9.17, 15) is 4.79 Å². The molecule has 4 nitrogen and oxygen atoms in total. The average molecular weight is 241 g/mol. The SMILES string of the molecule is CCN(C)CCNc1snc(C)c1C(C)=O. The number of likely N-dealkylation sites (N-methyl/N-ethyl adjacent to an activating group) is 1. The van der Waals surface area contributed by atoms with E-state index in [4.69, 9.17) is 0 Å². The number of rotatable bonds is 6. The van der Waals surface area contributed by atoms with Crippen LogP contribution in [0.25, 0.3) is 0 Å². The lowest BCUT2D eigenvalue weighted by atomic mass is 10.2. The topological polar surface area (TPSA) is 45.2 Å². The first-order valence-corrected chi connectivity index (χ1v) is 6.23. The van der Waals surface area contributed by atoms with Crippen molar-refractivity contribution < 1.29 is 4.79 Å². The summed E-state index contributed by atoms with van der Waals surface area (Å²) in [6, 6.07) is 0. The van der Waals surface area contributed by atoms with E-state index < -0.39 is 0 Å². The highest BCUT2D eigenvalue weighted by Crippen LogP contribution is 2.24. The Morgan fingerprint density at radius 2 is 2.25 bits per heavy atom. The molecule has 1 heterocycles. The van der Waals surface area contributed by atoms with Gasteiger partial charge in [0.15, 0.2) is 5.78 Å². The molecule has 1 aromatic heterocycles. The van der Waals surface area contributed by atoms with Crippen LogP contribution in [-0.4, -0.2) is 41.7 Å². The molecule has 1 rings (SSSR count). The molecule has 0 atom stereocenters. The van der Waals surface area contributed by atoms with Crippen molar-refractivity contribution in [2.45, 2.75) is 20.8 Å². The van der Waals surface area contributed by atoms with Crippen molar-refractivity contribution in [3.8, 4) is 0 Å². The van der Waals surface area contributed by atoms with Crippen LogP contribution in [0.15, 0.2) is 0 Å². The molecule has 0 amide bonds. The van der Waals surface area contributed by atoms with Crippen molar-refractivity contribution in [3.05, 3.63) is 11.3 Å². The third kappa shape index (κ3) is 3.28. The number of Topliss-reactive ketones (excluding diaryl/α,β-unsaturated/α-hetero) is 1. The normalized spacial score (nSPS) is 10.8. The summed E-state index contributed by atoms with van der Waals surface area (Å²) in [5.74, 6) is 0.0811. The van der Waals surface area contributed by atoms with Crippen LogP contribution in [0.3, 0.4) is 0 Å². The first-order valence-electron chi connectivity index (χ1n) is 5.45. The number of hydrogen-bond donors (Lipinski definition) is 1. The molecule has 90 valence electrons. The van der Waals surface area contributed by atoms with Gasteiger partial charge in [0, 0.05) is 13.1 Å². The number of nitrogens with one attached hydrogen (secondary N) is 1. The molecule has 0 bridgehead atoms. The largest absolute Gasteiger partial charge is 0.374 e. The minimum atomic E-state index is 0.0811. The maximum absolute atomic E-state index is 11.4. The van der Waals surface area contributed by atoms with E-state index in [0.717, 1.165) is 35.9 Å². The molecule has 0 saturated heterocycles. The van der Waals surface area contributed by atoms with Gasteiger partial charge in [-0.15, -0.1) is 0 Å². The third-order valence-corrected chi connectivity index (χ3v) is 3.43. The van der Waals surface area contributed by atoms with Gasteiger partial charge in [-0.1, -0.05) is 6.92 Å². The number of anilines is 1. The maximum atomic E-state index is 11.4. The third-order valence-electron chi connectivity index (χ3n) is 2.53. The van der Waals surface area contributed by atoms with Crippen molar-refractivity contribution in [1.29, 1.82) is 0 Å². The lowest BCUT2D eigenvalue weighted by Gasteiger charge is -2.14. The smallest absolute Gasteiger partial charge is 0.164 e. The molecule has 0 aromatic carbocycles. The zero-order valence-electron chi connectivity index (χ0n) is 10.3. The summed E-state index contributed by atoms with van der Waals surface area (Å²) in [5, 5.41) is 4.17. The van der Waals surface area contributed by atoms with Gasteiger partial charge in [0.2, 0.25) is 0 Å². The van der Waals surface area contributed by atoms with E-state index in [0.29, 0.717) is 0 Å². The van der Waals surface area contributed by atoms with E-state index >= 15 is 0 Å². The summed E-state index contributed by atoms with van der Waals surface area (Å²) in [4.78, 5) is 13.6. The highest BCUT2D eigenvalue weighted by Gasteiger charge is 2.14. The standard InChI is InChI=1S/C11H19N3OS/c1-5-14(4)7-6-12-11-10(9(3)15)8(2)13-16-11/h12H,5-7H2,1-4H3. The number of carbonyl (C=O) groups is 1. The Labute approximate surface area is 101 Å². The van der Waals surface area contributed by atoms with Gasteiger partial charge in [-0.2, -0.15) is 4.37 Å². The second kappa shape index (κ2) is 5.96. The Morgan fingerprint density at radius 1 is 1.56 bits per heavy atom. The molecular formula is C11H19N3OS. The van der Waals surface area contributed by atoms with Crippen LogP contribution in [0.4, 0.5) is 5.00 Å². The molecule has 0 radical (unpaired) electrons. The molecule has 0 fully saturated rings. The fourth-order valence-corrected chi connectivity index (χ4v) is 2.29. The molecule has 0 aliphatic carbocycles. The number of ketones is 1. The molecule has 16 heavy (non-hydrogen) atoms. The molecule has 0 aliphatic heterocycles. The number of nitrogens with zero attached hydrogens (tertiary/aromatic N) is 2. The van der Waals surface area contributed by atoms with Crippen molar-refractivity contribution in [2.24, 2.45) is 0 Å². The summed E-state index contributed by atoms with van der Waals surface area (Å²) in [5.41, 5.74) is 1.56. The second-order valence-electron chi connectivity index (χ2n) is 3.85. The monoisotopic (exact) mass is 241 g/mol. The Hall–Kier alpha value is -0.940. The van der Waals surface area contributed by atoms with Gasteiger partial charge in [0.25, 0.3) is 0 Å². The summed E-state index contributed by atoms with van der Waals surface area (Å²) < 4.78 is 4.20. The second-order valence-corrected chi connectivity index (χ2v) is 4.62. The van der Waals surface area contributed by atoms with E-state index in [2.05, 4.69) is 28.6 Å². The zero-order chi connectivity index (χ0) is 12.1. The Kier molecular flexibility index (Phi) is 4.89. The fraction of sp³-hybridized carbons (Fsp3) is 0.636. The molecule has 1 N–H and O–H groups in total. The quantitative estimate of drug-likeness (QED) is 0.774. The predicted octanol–water partition coefficient (Wildman–Crippen LogP) is 2.02. The lowest BCUT2D eigenvalue weighted by Crippen LogP contribution is -2.24. The average Bonchev–Trinajstić information content (AvgIpc) is 2.59. The van der Waals surface area contributed by atoms with Gasteiger partial charge in [0.1, 0.15) is 5.00 Å². The maximum Gasteiger partial charge on any atom is 0.164 e.